The van der Waals surface area contributed by atoms with Crippen LogP contribution in [0.5, 0.6) is 0 Å². The van der Waals surface area contributed by atoms with Crippen LogP contribution in [0.2, 0.25) is 0 Å². The number of rotatable bonds is 3. The average Bonchev–Trinajstić information content (AvgIpc) is 2.37. The highest BCUT2D eigenvalue weighted by molar-refractivity contribution is 4.89. The summed E-state index contributed by atoms with van der Waals surface area (Å²) < 4.78 is 6.51. The van der Waals surface area contributed by atoms with Crippen LogP contribution in [0, 0.1) is 6.92 Å². The lowest BCUT2D eigenvalue weighted by molar-refractivity contribution is 0.181. The Bertz CT molecular complexity index is 197. The fraction of sp³-hybridized carbons (Fsp3) is 0.500. The number of methoxy groups -OCH3 is 1. The Balaban J connectivity index is 2.59. The number of hydrogen-bond acceptors (Lipinski definition) is 3. The van der Waals surface area contributed by atoms with Crippen molar-refractivity contribution in [1.82, 2.24) is 15.0 Å². The summed E-state index contributed by atoms with van der Waals surface area (Å²) in [5.41, 5.74) is 0.839. The topological polar surface area (TPSA) is 39.9 Å². The number of ether oxygens (including phenoxy) is 1. The molecule has 0 aromatic carbocycles. The standard InChI is InChI=1S/C6H10N3O/c1-3-9-4-6(5-10-2)7-8-9/h4H,1,3,5H2,2H3. The van der Waals surface area contributed by atoms with Gasteiger partial charge in [-0.3, -0.25) is 4.68 Å². The molecule has 0 aliphatic rings. The summed E-state index contributed by atoms with van der Waals surface area (Å²) in [5, 5.41) is 7.60. The molecule has 1 radical (unpaired) electrons. The van der Waals surface area contributed by atoms with Crippen LogP contribution in [-0.4, -0.2) is 22.1 Å². The molecule has 4 nitrogen and oxygen atoms in total. The maximum Gasteiger partial charge on any atom is 0.108 e. The van der Waals surface area contributed by atoms with Gasteiger partial charge in [0.25, 0.3) is 0 Å². The van der Waals surface area contributed by atoms with E-state index in [2.05, 4.69) is 17.2 Å². The molecule has 0 bridgehead atoms. The Morgan fingerprint density at radius 1 is 1.80 bits per heavy atom. The third-order valence-corrected chi connectivity index (χ3v) is 1.11. The van der Waals surface area contributed by atoms with Crippen LogP contribution in [0.25, 0.3) is 0 Å². The molecule has 0 spiro atoms. The van der Waals surface area contributed by atoms with E-state index in [1.165, 1.54) is 0 Å². The van der Waals surface area contributed by atoms with E-state index in [4.69, 9.17) is 4.74 Å². The Labute approximate surface area is 59.8 Å². The molecule has 0 saturated heterocycles. The SMILES string of the molecule is [CH2]Cn1cc(COC)nn1. The molecule has 0 aliphatic heterocycles. The van der Waals surface area contributed by atoms with Crippen LogP contribution >= 0.6 is 0 Å². The molecule has 0 amide bonds. The second-order valence-corrected chi connectivity index (χ2v) is 1.91. The predicted molar refractivity (Wildman–Crippen MR) is 36.1 cm³/mol. The summed E-state index contributed by atoms with van der Waals surface area (Å²) in [4.78, 5) is 0. The van der Waals surface area contributed by atoms with E-state index in [0.29, 0.717) is 13.2 Å². The van der Waals surface area contributed by atoms with Gasteiger partial charge in [0, 0.05) is 13.7 Å². The minimum Gasteiger partial charge on any atom is -0.378 e. The van der Waals surface area contributed by atoms with Crippen molar-refractivity contribution in [2.45, 2.75) is 13.2 Å². The van der Waals surface area contributed by atoms with Crippen LogP contribution in [0.4, 0.5) is 0 Å². The minimum absolute atomic E-state index is 0.514. The van der Waals surface area contributed by atoms with Crippen molar-refractivity contribution in [3.63, 3.8) is 0 Å². The molecule has 1 rings (SSSR count). The van der Waals surface area contributed by atoms with E-state index in [1.54, 1.807) is 11.8 Å². The maximum atomic E-state index is 4.85. The molecule has 55 valence electrons. The van der Waals surface area contributed by atoms with Crippen molar-refractivity contribution < 1.29 is 4.74 Å². The van der Waals surface area contributed by atoms with Gasteiger partial charge in [0.1, 0.15) is 5.69 Å². The van der Waals surface area contributed by atoms with Crippen LogP contribution in [0.1, 0.15) is 5.69 Å². The number of hydrogen-bond donors (Lipinski definition) is 0. The van der Waals surface area contributed by atoms with Gasteiger partial charge in [0.2, 0.25) is 0 Å². The lowest BCUT2D eigenvalue weighted by Gasteiger charge is -1.89. The molecule has 1 heterocycles. The van der Waals surface area contributed by atoms with E-state index in [1.807, 2.05) is 6.20 Å². The summed E-state index contributed by atoms with van der Waals surface area (Å²) in [6.07, 6.45) is 1.82. The van der Waals surface area contributed by atoms with Crippen LogP contribution < -0.4 is 0 Å². The smallest absolute Gasteiger partial charge is 0.108 e. The molecule has 0 saturated carbocycles. The van der Waals surface area contributed by atoms with Gasteiger partial charge in [-0.2, -0.15) is 0 Å². The Kier molecular flexibility index (Phi) is 2.39. The molecule has 0 atom stereocenters. The molecule has 0 fully saturated rings. The quantitative estimate of drug-likeness (QED) is 0.604. The van der Waals surface area contributed by atoms with Crippen molar-refractivity contribution in [3.8, 4) is 0 Å². The molecular weight excluding hydrogens is 130 g/mol. The first-order chi connectivity index (χ1) is 4.86. The normalized spacial score (nSPS) is 10.2. The van der Waals surface area contributed by atoms with Crippen molar-refractivity contribution >= 4 is 0 Å². The Hall–Kier alpha value is -0.900. The van der Waals surface area contributed by atoms with Crippen molar-refractivity contribution in [2.75, 3.05) is 7.11 Å². The average molecular weight is 140 g/mol. The van der Waals surface area contributed by atoms with Gasteiger partial charge in [-0.15, -0.1) is 5.10 Å². The van der Waals surface area contributed by atoms with E-state index >= 15 is 0 Å². The first-order valence-electron chi connectivity index (χ1n) is 3.04. The van der Waals surface area contributed by atoms with Gasteiger partial charge in [0.05, 0.1) is 12.8 Å². The van der Waals surface area contributed by atoms with Crippen molar-refractivity contribution in [1.29, 1.82) is 0 Å². The molecule has 0 aliphatic carbocycles. The zero-order valence-corrected chi connectivity index (χ0v) is 5.95. The zero-order valence-electron chi connectivity index (χ0n) is 5.95. The van der Waals surface area contributed by atoms with Crippen LogP contribution in [0.15, 0.2) is 6.20 Å². The molecule has 10 heavy (non-hydrogen) atoms. The molecular formula is C6H10N3O. The first-order valence-corrected chi connectivity index (χ1v) is 3.04. The number of aromatic nitrogens is 3. The Morgan fingerprint density at radius 2 is 2.60 bits per heavy atom. The first kappa shape index (κ1) is 7.21. The van der Waals surface area contributed by atoms with Crippen molar-refractivity contribution in [2.24, 2.45) is 0 Å². The largest absolute Gasteiger partial charge is 0.378 e. The minimum atomic E-state index is 0.514. The molecule has 0 N–H and O–H groups in total. The van der Waals surface area contributed by atoms with E-state index in [9.17, 15) is 0 Å². The summed E-state index contributed by atoms with van der Waals surface area (Å²) in [6, 6.07) is 0. The zero-order chi connectivity index (χ0) is 7.40. The van der Waals surface area contributed by atoms with Gasteiger partial charge in [0.15, 0.2) is 0 Å². The lowest BCUT2D eigenvalue weighted by Crippen LogP contribution is -1.93. The van der Waals surface area contributed by atoms with Gasteiger partial charge < -0.3 is 4.74 Å². The number of nitrogens with zero attached hydrogens (tertiary/aromatic N) is 3. The highest BCUT2D eigenvalue weighted by Gasteiger charge is 1.96. The van der Waals surface area contributed by atoms with Crippen LogP contribution in [0.3, 0.4) is 0 Å². The van der Waals surface area contributed by atoms with Gasteiger partial charge >= 0.3 is 0 Å². The summed E-state index contributed by atoms with van der Waals surface area (Å²) in [5.74, 6) is 0. The third-order valence-electron chi connectivity index (χ3n) is 1.11. The summed E-state index contributed by atoms with van der Waals surface area (Å²) >= 11 is 0. The van der Waals surface area contributed by atoms with Crippen molar-refractivity contribution in [3.05, 3.63) is 18.8 Å². The molecule has 1 aromatic heterocycles. The third kappa shape index (κ3) is 1.54. The maximum absolute atomic E-state index is 4.85. The van der Waals surface area contributed by atoms with Gasteiger partial charge in [-0.1, -0.05) is 5.21 Å². The molecule has 0 unspecified atom stereocenters. The van der Waals surface area contributed by atoms with Gasteiger partial charge in [-0.25, -0.2) is 0 Å². The monoisotopic (exact) mass is 140 g/mol. The van der Waals surface area contributed by atoms with E-state index in [-0.39, 0.29) is 0 Å². The van der Waals surface area contributed by atoms with Crippen LogP contribution in [-0.2, 0) is 17.9 Å². The predicted octanol–water partition coefficient (Wildman–Crippen LogP) is 0.259. The summed E-state index contributed by atoms with van der Waals surface area (Å²) in [6.45, 7) is 4.77. The fourth-order valence-corrected chi connectivity index (χ4v) is 0.662. The van der Waals surface area contributed by atoms with Gasteiger partial charge in [-0.05, 0) is 6.92 Å². The molecule has 1 aromatic rings. The van der Waals surface area contributed by atoms with E-state index in [0.717, 1.165) is 5.69 Å². The second-order valence-electron chi connectivity index (χ2n) is 1.91. The highest BCUT2D eigenvalue weighted by Crippen LogP contribution is 1.93. The fourth-order valence-electron chi connectivity index (χ4n) is 0.662. The van der Waals surface area contributed by atoms with E-state index < -0.39 is 0 Å². The summed E-state index contributed by atoms with van der Waals surface area (Å²) in [7, 11) is 1.63. The Morgan fingerprint density at radius 3 is 3.10 bits per heavy atom. The molecule has 4 heteroatoms. The lowest BCUT2D eigenvalue weighted by atomic mass is 10.5. The second kappa shape index (κ2) is 3.31. The highest BCUT2D eigenvalue weighted by atomic mass is 16.5.